The summed E-state index contributed by atoms with van der Waals surface area (Å²) in [6.07, 6.45) is 3.69. The Kier molecular flexibility index (Phi) is 4.75. The van der Waals surface area contributed by atoms with E-state index in [1.165, 1.54) is 13.3 Å². The lowest BCUT2D eigenvalue weighted by Gasteiger charge is -2.19. The molecule has 0 aromatic carbocycles. The van der Waals surface area contributed by atoms with Crippen LogP contribution in [0.3, 0.4) is 0 Å². The number of nitrogens with one attached hydrogen (secondary N) is 1. The summed E-state index contributed by atoms with van der Waals surface area (Å²) in [4.78, 5) is 25.8. The molecule has 8 nitrogen and oxygen atoms in total. The van der Waals surface area contributed by atoms with Crippen molar-refractivity contribution in [2.45, 2.75) is 39.0 Å². The van der Waals surface area contributed by atoms with E-state index in [-0.39, 0.29) is 23.2 Å². The Morgan fingerprint density at radius 1 is 1.52 bits per heavy atom. The molecule has 10 heteroatoms. The van der Waals surface area contributed by atoms with E-state index in [0.29, 0.717) is 34.9 Å². The summed E-state index contributed by atoms with van der Waals surface area (Å²) in [5, 5.41) is 2.79. The highest BCUT2D eigenvalue weighted by molar-refractivity contribution is 7.15. The summed E-state index contributed by atoms with van der Waals surface area (Å²) < 4.78 is 25.5. The van der Waals surface area contributed by atoms with E-state index in [9.17, 15) is 9.18 Å². The van der Waals surface area contributed by atoms with E-state index in [1.54, 1.807) is 12.3 Å². The summed E-state index contributed by atoms with van der Waals surface area (Å²) in [6, 6.07) is 1.96. The Morgan fingerprint density at radius 2 is 2.37 bits per heavy atom. The minimum absolute atomic E-state index is 0.0889. The first-order valence-corrected chi connectivity index (χ1v) is 9.33. The van der Waals surface area contributed by atoms with Gasteiger partial charge in [-0.2, -0.15) is 14.4 Å². The van der Waals surface area contributed by atoms with Crippen molar-refractivity contribution < 1.29 is 18.3 Å². The molecule has 0 radical (unpaired) electrons. The van der Waals surface area contributed by atoms with Gasteiger partial charge in [0.1, 0.15) is 17.9 Å². The van der Waals surface area contributed by atoms with Crippen LogP contribution < -0.4 is 10.1 Å². The van der Waals surface area contributed by atoms with Crippen LogP contribution in [0.15, 0.2) is 23.1 Å². The quantitative estimate of drug-likeness (QED) is 0.715. The normalized spacial score (nSPS) is 20.3. The van der Waals surface area contributed by atoms with Gasteiger partial charge in [-0.1, -0.05) is 11.3 Å². The van der Waals surface area contributed by atoms with Crippen molar-refractivity contribution in [1.29, 1.82) is 0 Å². The molecule has 1 aliphatic rings. The van der Waals surface area contributed by atoms with Gasteiger partial charge >= 0.3 is 0 Å². The number of hydrogen-bond acceptors (Lipinski definition) is 8. The molecule has 1 fully saturated rings. The number of halogens is 1. The van der Waals surface area contributed by atoms with Crippen LogP contribution >= 0.6 is 11.3 Å². The lowest BCUT2D eigenvalue weighted by molar-refractivity contribution is -0.114. The van der Waals surface area contributed by atoms with Crippen LogP contribution in [-0.4, -0.2) is 44.4 Å². The molecule has 2 unspecified atom stereocenters. The number of rotatable bonds is 5. The zero-order chi connectivity index (χ0) is 19.0. The van der Waals surface area contributed by atoms with E-state index in [0.717, 1.165) is 17.8 Å². The molecule has 0 bridgehead atoms. The van der Waals surface area contributed by atoms with Crippen molar-refractivity contribution in [3.8, 4) is 5.88 Å². The van der Waals surface area contributed by atoms with Crippen LogP contribution in [0.25, 0.3) is 11.1 Å². The van der Waals surface area contributed by atoms with Crippen LogP contribution in [0.1, 0.15) is 25.1 Å². The minimum atomic E-state index is -0.548. The van der Waals surface area contributed by atoms with Crippen LogP contribution in [-0.2, 0) is 11.3 Å². The Bertz CT molecular complexity index is 975. The maximum Gasteiger partial charge on any atom is 0.261 e. The lowest BCUT2D eigenvalue weighted by atomic mass is 10.2. The van der Waals surface area contributed by atoms with Crippen LogP contribution in [0, 0.1) is 5.95 Å². The molecule has 4 heterocycles. The van der Waals surface area contributed by atoms with E-state index >= 15 is 0 Å². The van der Waals surface area contributed by atoms with Crippen molar-refractivity contribution >= 4 is 33.5 Å². The third-order valence-electron chi connectivity index (χ3n) is 4.43. The molecule has 3 aromatic rings. The summed E-state index contributed by atoms with van der Waals surface area (Å²) in [5.74, 6) is -0.401. The smallest absolute Gasteiger partial charge is 0.261 e. The summed E-state index contributed by atoms with van der Waals surface area (Å²) in [7, 11) is 0. The fourth-order valence-corrected chi connectivity index (χ4v) is 4.09. The van der Waals surface area contributed by atoms with Crippen molar-refractivity contribution in [3.05, 3.63) is 29.5 Å². The minimum Gasteiger partial charge on any atom is -0.470 e. The highest BCUT2D eigenvalue weighted by atomic mass is 32.1. The number of likely N-dealkylation sites (tertiary alicyclic amines) is 1. The second kappa shape index (κ2) is 7.20. The van der Waals surface area contributed by atoms with Gasteiger partial charge in [-0.05, 0) is 6.92 Å². The first-order chi connectivity index (χ1) is 13.0. The number of anilines is 1. The number of carbonyl (C=O) groups excluding carboxylic acids is 1. The fourth-order valence-electron chi connectivity index (χ4n) is 3.18. The van der Waals surface area contributed by atoms with Crippen molar-refractivity contribution in [2.75, 3.05) is 11.9 Å². The number of ether oxygens (including phenoxy) is 1. The third kappa shape index (κ3) is 3.76. The predicted octanol–water partition coefficient (Wildman–Crippen LogP) is 2.82. The number of carbonyl (C=O) groups is 1. The molecule has 0 saturated carbocycles. The lowest BCUT2D eigenvalue weighted by Crippen LogP contribution is -2.28. The average molecular weight is 391 g/mol. The highest BCUT2D eigenvalue weighted by Gasteiger charge is 2.32. The topological polar surface area (TPSA) is 93.4 Å². The Balaban J connectivity index is 1.43. The summed E-state index contributed by atoms with van der Waals surface area (Å²) >= 11 is 1.15. The largest absolute Gasteiger partial charge is 0.470 e. The van der Waals surface area contributed by atoms with Gasteiger partial charge in [-0.25, -0.2) is 4.98 Å². The molecule has 1 amide bonds. The zero-order valence-electron chi connectivity index (χ0n) is 14.8. The molecule has 0 spiro atoms. The van der Waals surface area contributed by atoms with Crippen molar-refractivity contribution in [3.63, 3.8) is 0 Å². The van der Waals surface area contributed by atoms with Gasteiger partial charge in [0.25, 0.3) is 5.88 Å². The zero-order valence-corrected chi connectivity index (χ0v) is 15.6. The number of hydrogen-bond donors (Lipinski definition) is 1. The highest BCUT2D eigenvalue weighted by Crippen LogP contribution is 2.30. The van der Waals surface area contributed by atoms with Gasteiger partial charge in [0.05, 0.1) is 11.1 Å². The van der Waals surface area contributed by atoms with E-state index in [4.69, 9.17) is 9.15 Å². The maximum atomic E-state index is 14.1. The molecular formula is C17H18FN5O3S. The van der Waals surface area contributed by atoms with Gasteiger partial charge < -0.3 is 14.5 Å². The Morgan fingerprint density at radius 3 is 3.19 bits per heavy atom. The monoisotopic (exact) mass is 391 g/mol. The van der Waals surface area contributed by atoms with Crippen molar-refractivity contribution in [2.24, 2.45) is 0 Å². The molecule has 1 N–H and O–H groups in total. The van der Waals surface area contributed by atoms with E-state index in [2.05, 4.69) is 32.1 Å². The fraction of sp³-hybridized carbons (Fsp3) is 0.412. The number of nitrogens with zero attached hydrogens (tertiary/aromatic N) is 4. The van der Waals surface area contributed by atoms with Crippen molar-refractivity contribution in [1.82, 2.24) is 19.9 Å². The molecule has 142 valence electrons. The summed E-state index contributed by atoms with van der Waals surface area (Å²) in [6.45, 7) is 4.47. The molecule has 2 atom stereocenters. The predicted molar refractivity (Wildman–Crippen MR) is 97.1 cm³/mol. The molecule has 1 saturated heterocycles. The maximum absolute atomic E-state index is 14.1. The average Bonchev–Trinajstić information content (AvgIpc) is 3.29. The van der Waals surface area contributed by atoms with Crippen LogP contribution in [0.5, 0.6) is 5.88 Å². The van der Waals surface area contributed by atoms with E-state index in [1.807, 2.05) is 0 Å². The van der Waals surface area contributed by atoms with Gasteiger partial charge in [0.2, 0.25) is 17.4 Å². The number of fused-ring (bicyclic) bond motifs is 1. The van der Waals surface area contributed by atoms with Crippen LogP contribution in [0.4, 0.5) is 9.52 Å². The second-order valence-electron chi connectivity index (χ2n) is 6.48. The van der Waals surface area contributed by atoms with Gasteiger partial charge in [-0.15, -0.1) is 0 Å². The molecule has 3 aromatic heterocycles. The molecule has 0 aliphatic carbocycles. The van der Waals surface area contributed by atoms with Crippen LogP contribution in [0.2, 0.25) is 0 Å². The van der Waals surface area contributed by atoms with E-state index < -0.39 is 5.95 Å². The molecule has 4 rings (SSSR count). The Hall–Kier alpha value is -2.59. The number of amides is 1. The Labute approximate surface area is 158 Å². The SMILES string of the molecule is CC(=O)Nc1nc(F)c(CN2CC(Oc3ncnc4ccoc34)CC2C)s1. The second-order valence-corrected chi connectivity index (χ2v) is 7.57. The number of furan rings is 1. The molecular weight excluding hydrogens is 373 g/mol. The molecule has 1 aliphatic heterocycles. The third-order valence-corrected chi connectivity index (χ3v) is 5.36. The van der Waals surface area contributed by atoms with Gasteiger partial charge in [0, 0.05) is 38.5 Å². The standard InChI is InChI=1S/C17H18FN5O3S/c1-9-5-11(26-16-14-12(3-4-25-14)19-8-20-16)6-23(9)7-13-15(18)22-17(27-13)21-10(2)24/h3-4,8-9,11H,5-7H2,1-2H3,(H,21,22,24). The number of aromatic nitrogens is 3. The first-order valence-electron chi connectivity index (χ1n) is 8.51. The van der Waals surface area contributed by atoms with Gasteiger partial charge in [0.15, 0.2) is 5.13 Å². The first kappa shape index (κ1) is 17.8. The number of thiazole rings is 1. The van der Waals surface area contributed by atoms with Gasteiger partial charge in [-0.3, -0.25) is 9.69 Å². The summed E-state index contributed by atoms with van der Waals surface area (Å²) in [5.41, 5.74) is 1.22. The molecule has 27 heavy (non-hydrogen) atoms.